The molecule has 1 aromatic heterocycles. The molecule has 0 fully saturated rings. The average Bonchev–Trinajstić information content (AvgIpc) is 2.86. The van der Waals surface area contributed by atoms with Gasteiger partial charge in [-0.05, 0) is 24.0 Å². The lowest BCUT2D eigenvalue weighted by atomic mass is 9.87. The number of hydrogen-bond acceptors (Lipinski definition) is 3. The molecule has 0 radical (unpaired) electrons. The lowest BCUT2D eigenvalue weighted by molar-refractivity contribution is -0.137. The molecule has 1 aromatic carbocycles. The molecule has 1 aliphatic heterocycles. The molecule has 1 atom stereocenters. The number of imidazole rings is 1. The van der Waals surface area contributed by atoms with E-state index in [-0.39, 0.29) is 12.3 Å². The Bertz CT molecular complexity index is 650. The average molecular weight is 285 g/mol. The maximum Gasteiger partial charge on any atom is 0.303 e. The summed E-state index contributed by atoms with van der Waals surface area (Å²) in [6.07, 6.45) is 4.82. The van der Waals surface area contributed by atoms with Crippen LogP contribution in [0.4, 0.5) is 5.69 Å². The van der Waals surface area contributed by atoms with Crippen LogP contribution in [0.2, 0.25) is 0 Å². The summed E-state index contributed by atoms with van der Waals surface area (Å²) in [6, 6.07) is 8.12. The fourth-order valence-corrected chi connectivity index (χ4v) is 3.01. The predicted molar refractivity (Wildman–Crippen MR) is 80.3 cm³/mol. The zero-order chi connectivity index (χ0) is 14.8. The van der Waals surface area contributed by atoms with Crippen LogP contribution in [0.3, 0.4) is 0 Å². The van der Waals surface area contributed by atoms with Crippen molar-refractivity contribution >= 4 is 11.7 Å². The van der Waals surface area contributed by atoms with Crippen LogP contribution in [0.5, 0.6) is 0 Å². The van der Waals surface area contributed by atoms with E-state index in [2.05, 4.69) is 16.0 Å². The van der Waals surface area contributed by atoms with Crippen molar-refractivity contribution < 1.29 is 9.90 Å². The molecule has 21 heavy (non-hydrogen) atoms. The van der Waals surface area contributed by atoms with Crippen molar-refractivity contribution in [1.82, 2.24) is 9.55 Å². The monoisotopic (exact) mass is 285 g/mol. The van der Waals surface area contributed by atoms with E-state index in [4.69, 9.17) is 5.11 Å². The lowest BCUT2D eigenvalue weighted by Crippen LogP contribution is -2.32. The molecule has 0 saturated carbocycles. The van der Waals surface area contributed by atoms with Gasteiger partial charge in [-0.25, -0.2) is 4.98 Å². The Labute approximate surface area is 123 Å². The number of aliphatic carboxylic acids is 1. The van der Waals surface area contributed by atoms with Gasteiger partial charge in [0.2, 0.25) is 0 Å². The Morgan fingerprint density at radius 2 is 2.24 bits per heavy atom. The first kappa shape index (κ1) is 13.7. The van der Waals surface area contributed by atoms with Crippen molar-refractivity contribution in [1.29, 1.82) is 0 Å². The summed E-state index contributed by atoms with van der Waals surface area (Å²) in [6.45, 7) is 1.61. The molecular formula is C16H19N3O2. The van der Waals surface area contributed by atoms with Gasteiger partial charge in [0.15, 0.2) is 0 Å². The number of hydrogen-bond donors (Lipinski definition) is 1. The second-order valence-electron chi connectivity index (χ2n) is 5.52. The molecule has 0 bridgehead atoms. The molecule has 0 amide bonds. The number of carboxylic acids is 1. The second-order valence-corrected chi connectivity index (χ2v) is 5.52. The summed E-state index contributed by atoms with van der Waals surface area (Å²) in [5.74, 6) is 0.394. The van der Waals surface area contributed by atoms with Gasteiger partial charge < -0.3 is 14.6 Å². The van der Waals surface area contributed by atoms with Gasteiger partial charge in [-0.15, -0.1) is 0 Å². The number of para-hydroxylation sites is 1. The number of carboxylic acid groups (broad SMARTS) is 1. The van der Waals surface area contributed by atoms with Gasteiger partial charge in [-0.3, -0.25) is 4.79 Å². The maximum absolute atomic E-state index is 11.0. The van der Waals surface area contributed by atoms with E-state index in [1.165, 1.54) is 0 Å². The maximum atomic E-state index is 11.0. The highest BCUT2D eigenvalue weighted by Crippen LogP contribution is 2.37. The largest absolute Gasteiger partial charge is 0.481 e. The van der Waals surface area contributed by atoms with Crippen LogP contribution >= 0.6 is 0 Å². The van der Waals surface area contributed by atoms with Crippen LogP contribution in [0.1, 0.15) is 30.1 Å². The number of aryl methyl sites for hydroxylation is 1. The molecule has 2 heterocycles. The first-order chi connectivity index (χ1) is 10.1. The SMILES string of the molecule is Cn1ccnc1CN1CCC(CC(=O)O)c2ccccc21. The van der Waals surface area contributed by atoms with Gasteiger partial charge in [0.1, 0.15) is 5.82 Å². The Balaban J connectivity index is 1.87. The molecule has 2 aromatic rings. The van der Waals surface area contributed by atoms with E-state index in [1.54, 1.807) is 6.20 Å². The summed E-state index contributed by atoms with van der Waals surface area (Å²) in [7, 11) is 1.99. The van der Waals surface area contributed by atoms with Gasteiger partial charge in [0.05, 0.1) is 13.0 Å². The smallest absolute Gasteiger partial charge is 0.303 e. The summed E-state index contributed by atoms with van der Waals surface area (Å²) >= 11 is 0. The van der Waals surface area contributed by atoms with Crippen molar-refractivity contribution in [3.8, 4) is 0 Å². The number of anilines is 1. The van der Waals surface area contributed by atoms with E-state index in [0.29, 0.717) is 0 Å². The summed E-state index contributed by atoms with van der Waals surface area (Å²) in [5.41, 5.74) is 2.28. The quantitative estimate of drug-likeness (QED) is 0.937. The van der Waals surface area contributed by atoms with Crippen molar-refractivity contribution in [3.63, 3.8) is 0 Å². The highest BCUT2D eigenvalue weighted by molar-refractivity contribution is 5.69. The van der Waals surface area contributed by atoms with Gasteiger partial charge in [-0.2, -0.15) is 0 Å². The molecule has 1 unspecified atom stereocenters. The Morgan fingerprint density at radius 3 is 2.95 bits per heavy atom. The molecule has 3 rings (SSSR count). The van der Waals surface area contributed by atoms with E-state index in [1.807, 2.05) is 36.0 Å². The van der Waals surface area contributed by atoms with Crippen LogP contribution in [0, 0.1) is 0 Å². The first-order valence-corrected chi connectivity index (χ1v) is 7.17. The van der Waals surface area contributed by atoms with Gasteiger partial charge >= 0.3 is 5.97 Å². The normalized spacial score (nSPS) is 17.6. The van der Waals surface area contributed by atoms with Crippen LogP contribution in [-0.4, -0.2) is 27.2 Å². The van der Waals surface area contributed by atoms with Gasteiger partial charge in [0.25, 0.3) is 0 Å². The zero-order valence-electron chi connectivity index (χ0n) is 12.1. The van der Waals surface area contributed by atoms with Crippen molar-refractivity contribution in [2.24, 2.45) is 7.05 Å². The van der Waals surface area contributed by atoms with Crippen molar-refractivity contribution in [2.45, 2.75) is 25.3 Å². The van der Waals surface area contributed by atoms with Crippen LogP contribution in [0.15, 0.2) is 36.7 Å². The van der Waals surface area contributed by atoms with E-state index in [9.17, 15) is 4.79 Å². The molecule has 0 saturated heterocycles. The number of nitrogens with zero attached hydrogens (tertiary/aromatic N) is 3. The highest BCUT2D eigenvalue weighted by atomic mass is 16.4. The lowest BCUT2D eigenvalue weighted by Gasteiger charge is -2.35. The third-order valence-electron chi connectivity index (χ3n) is 4.14. The molecular weight excluding hydrogens is 266 g/mol. The minimum absolute atomic E-state index is 0.108. The highest BCUT2D eigenvalue weighted by Gasteiger charge is 2.26. The number of rotatable bonds is 4. The zero-order valence-corrected chi connectivity index (χ0v) is 12.1. The Kier molecular flexibility index (Phi) is 3.64. The van der Waals surface area contributed by atoms with E-state index < -0.39 is 5.97 Å². The molecule has 0 aliphatic carbocycles. The van der Waals surface area contributed by atoms with E-state index >= 15 is 0 Å². The number of fused-ring (bicyclic) bond motifs is 1. The third kappa shape index (κ3) is 2.77. The Morgan fingerprint density at radius 1 is 1.43 bits per heavy atom. The molecule has 0 spiro atoms. The number of benzene rings is 1. The van der Waals surface area contributed by atoms with Crippen molar-refractivity contribution in [2.75, 3.05) is 11.4 Å². The van der Waals surface area contributed by atoms with E-state index in [0.717, 1.165) is 36.6 Å². The molecule has 1 aliphatic rings. The standard InChI is InChI=1S/C16H19N3O2/c1-18-9-7-17-15(18)11-19-8-6-12(10-16(20)21)13-4-2-3-5-14(13)19/h2-5,7,9,12H,6,8,10-11H2,1H3,(H,20,21). The number of carbonyl (C=O) groups is 1. The first-order valence-electron chi connectivity index (χ1n) is 7.17. The fourth-order valence-electron chi connectivity index (χ4n) is 3.01. The summed E-state index contributed by atoms with van der Waals surface area (Å²) < 4.78 is 2.02. The van der Waals surface area contributed by atoms with Crippen LogP contribution < -0.4 is 4.90 Å². The van der Waals surface area contributed by atoms with Crippen LogP contribution in [0.25, 0.3) is 0 Å². The van der Waals surface area contributed by atoms with Crippen molar-refractivity contribution in [3.05, 3.63) is 48.0 Å². The second kappa shape index (κ2) is 5.60. The van der Waals surface area contributed by atoms with Gasteiger partial charge in [0, 0.05) is 31.7 Å². The topological polar surface area (TPSA) is 58.4 Å². The van der Waals surface area contributed by atoms with Crippen LogP contribution in [-0.2, 0) is 18.4 Å². The summed E-state index contributed by atoms with van der Waals surface area (Å²) in [5, 5.41) is 9.07. The molecule has 110 valence electrons. The van der Waals surface area contributed by atoms with Gasteiger partial charge in [-0.1, -0.05) is 18.2 Å². The number of aromatic nitrogens is 2. The predicted octanol–water partition coefficient (Wildman–Crippen LogP) is 2.39. The minimum atomic E-state index is -0.729. The Hall–Kier alpha value is -2.30. The molecule has 5 nitrogen and oxygen atoms in total. The summed E-state index contributed by atoms with van der Waals surface area (Å²) in [4.78, 5) is 17.7. The molecule has 1 N–H and O–H groups in total. The third-order valence-corrected chi connectivity index (χ3v) is 4.14. The molecule has 5 heteroatoms. The minimum Gasteiger partial charge on any atom is -0.481 e. The fraction of sp³-hybridized carbons (Fsp3) is 0.375.